The molecule has 0 aromatic carbocycles. The second-order valence-electron chi connectivity index (χ2n) is 2.69. The third-order valence-electron chi connectivity index (χ3n) is 1.86. The van der Waals surface area contributed by atoms with E-state index in [0.29, 0.717) is 11.3 Å². The zero-order valence-corrected chi connectivity index (χ0v) is 6.83. The van der Waals surface area contributed by atoms with Crippen molar-refractivity contribution < 1.29 is 10.2 Å². The first kappa shape index (κ1) is 8.15. The molecule has 0 radical (unpaired) electrons. The van der Waals surface area contributed by atoms with Gasteiger partial charge in [-0.15, -0.1) is 0 Å². The van der Waals surface area contributed by atoms with E-state index in [9.17, 15) is 5.11 Å². The van der Waals surface area contributed by atoms with Crippen LogP contribution in [0.25, 0.3) is 5.65 Å². The SMILES string of the molecule is OCC(O)c1cnc2cnccn12. The Morgan fingerprint density at radius 1 is 1.46 bits per heavy atom. The van der Waals surface area contributed by atoms with E-state index in [1.165, 1.54) is 6.20 Å². The first-order valence-electron chi connectivity index (χ1n) is 3.89. The highest BCUT2D eigenvalue weighted by Gasteiger charge is 2.10. The van der Waals surface area contributed by atoms with Crippen molar-refractivity contribution in [3.8, 4) is 0 Å². The molecule has 5 heteroatoms. The number of nitrogens with zero attached hydrogens (tertiary/aromatic N) is 3. The van der Waals surface area contributed by atoms with Gasteiger partial charge in [-0.05, 0) is 0 Å². The fourth-order valence-electron chi connectivity index (χ4n) is 1.20. The molecule has 0 saturated carbocycles. The van der Waals surface area contributed by atoms with Crippen molar-refractivity contribution in [2.45, 2.75) is 6.10 Å². The van der Waals surface area contributed by atoms with E-state index in [2.05, 4.69) is 9.97 Å². The summed E-state index contributed by atoms with van der Waals surface area (Å²) in [7, 11) is 0. The lowest BCUT2D eigenvalue weighted by atomic mass is 10.3. The number of fused-ring (bicyclic) bond motifs is 1. The first-order chi connectivity index (χ1) is 6.33. The molecule has 2 aromatic rings. The standard InChI is InChI=1S/C8H9N3O2/c12-5-7(13)6-3-10-8-4-9-1-2-11(6)8/h1-4,7,12-13H,5H2. The maximum absolute atomic E-state index is 9.38. The van der Waals surface area contributed by atoms with Crippen molar-refractivity contribution in [2.75, 3.05) is 6.61 Å². The minimum absolute atomic E-state index is 0.309. The zero-order chi connectivity index (χ0) is 9.26. The van der Waals surface area contributed by atoms with Gasteiger partial charge in [0.15, 0.2) is 5.65 Å². The number of hydrogen-bond donors (Lipinski definition) is 2. The Balaban J connectivity index is 2.57. The Kier molecular flexibility index (Phi) is 1.96. The Hall–Kier alpha value is -1.46. The number of rotatable bonds is 2. The number of hydrogen-bond acceptors (Lipinski definition) is 4. The van der Waals surface area contributed by atoms with Crippen LogP contribution >= 0.6 is 0 Å². The van der Waals surface area contributed by atoms with Crippen molar-refractivity contribution in [1.82, 2.24) is 14.4 Å². The molecule has 0 aliphatic heterocycles. The van der Waals surface area contributed by atoms with Gasteiger partial charge in [-0.1, -0.05) is 0 Å². The maximum Gasteiger partial charge on any atom is 0.155 e. The molecule has 0 spiro atoms. The third-order valence-corrected chi connectivity index (χ3v) is 1.86. The topological polar surface area (TPSA) is 70.7 Å². The summed E-state index contributed by atoms with van der Waals surface area (Å²) >= 11 is 0. The van der Waals surface area contributed by atoms with Gasteiger partial charge in [-0.25, -0.2) is 4.98 Å². The quantitative estimate of drug-likeness (QED) is 0.667. The summed E-state index contributed by atoms with van der Waals surface area (Å²) in [6, 6.07) is 0. The highest BCUT2D eigenvalue weighted by atomic mass is 16.3. The molecular weight excluding hydrogens is 170 g/mol. The van der Waals surface area contributed by atoms with Crippen LogP contribution in [-0.2, 0) is 0 Å². The zero-order valence-electron chi connectivity index (χ0n) is 6.83. The summed E-state index contributed by atoms with van der Waals surface area (Å²) in [4.78, 5) is 7.90. The summed E-state index contributed by atoms with van der Waals surface area (Å²) in [5.41, 5.74) is 1.23. The van der Waals surface area contributed by atoms with E-state index < -0.39 is 6.10 Å². The summed E-state index contributed by atoms with van der Waals surface area (Å²) in [5, 5.41) is 18.1. The number of aliphatic hydroxyl groups is 2. The molecule has 0 bridgehead atoms. The van der Waals surface area contributed by atoms with Crippen LogP contribution in [-0.4, -0.2) is 31.2 Å². The van der Waals surface area contributed by atoms with Crippen LogP contribution < -0.4 is 0 Å². The minimum atomic E-state index is -0.891. The molecule has 0 saturated heterocycles. The van der Waals surface area contributed by atoms with Crippen LogP contribution in [0.5, 0.6) is 0 Å². The lowest BCUT2D eigenvalue weighted by molar-refractivity contribution is 0.0916. The summed E-state index contributed by atoms with van der Waals surface area (Å²) in [6.45, 7) is -0.309. The number of aromatic nitrogens is 3. The minimum Gasteiger partial charge on any atom is -0.393 e. The van der Waals surface area contributed by atoms with Crippen molar-refractivity contribution in [2.24, 2.45) is 0 Å². The molecule has 0 aliphatic carbocycles. The fraction of sp³-hybridized carbons (Fsp3) is 0.250. The average Bonchev–Trinajstić information content (AvgIpc) is 2.60. The van der Waals surface area contributed by atoms with Gasteiger partial charge < -0.3 is 10.2 Å². The molecule has 2 rings (SSSR count). The fourth-order valence-corrected chi connectivity index (χ4v) is 1.20. The Labute approximate surface area is 74.3 Å². The summed E-state index contributed by atoms with van der Waals surface area (Å²) in [5.74, 6) is 0. The largest absolute Gasteiger partial charge is 0.393 e. The smallest absolute Gasteiger partial charge is 0.155 e. The van der Waals surface area contributed by atoms with E-state index in [1.54, 1.807) is 23.0 Å². The van der Waals surface area contributed by atoms with Crippen molar-refractivity contribution in [1.29, 1.82) is 0 Å². The molecule has 68 valence electrons. The molecule has 1 unspecified atom stereocenters. The van der Waals surface area contributed by atoms with Crippen molar-refractivity contribution in [3.63, 3.8) is 0 Å². The number of aliphatic hydroxyl groups excluding tert-OH is 2. The monoisotopic (exact) mass is 179 g/mol. The highest BCUT2D eigenvalue weighted by molar-refractivity contribution is 5.37. The van der Waals surface area contributed by atoms with E-state index in [1.807, 2.05) is 0 Å². The Bertz CT molecular complexity index is 412. The van der Waals surface area contributed by atoms with Gasteiger partial charge >= 0.3 is 0 Å². The van der Waals surface area contributed by atoms with Crippen LogP contribution in [0, 0.1) is 0 Å². The third kappa shape index (κ3) is 1.28. The molecule has 13 heavy (non-hydrogen) atoms. The molecule has 0 fully saturated rings. The summed E-state index contributed by atoms with van der Waals surface area (Å²) < 4.78 is 1.69. The van der Waals surface area contributed by atoms with Gasteiger partial charge in [0.2, 0.25) is 0 Å². The van der Waals surface area contributed by atoms with Gasteiger partial charge in [0.05, 0.1) is 24.7 Å². The molecule has 2 heterocycles. The van der Waals surface area contributed by atoms with Gasteiger partial charge in [0.25, 0.3) is 0 Å². The van der Waals surface area contributed by atoms with Gasteiger partial charge in [-0.2, -0.15) is 0 Å². The van der Waals surface area contributed by atoms with Crippen LogP contribution in [0.15, 0.2) is 24.8 Å². The summed E-state index contributed by atoms with van der Waals surface area (Å²) in [6.07, 6.45) is 5.52. The Morgan fingerprint density at radius 2 is 2.31 bits per heavy atom. The molecule has 0 amide bonds. The average molecular weight is 179 g/mol. The van der Waals surface area contributed by atoms with E-state index in [4.69, 9.17) is 5.11 Å². The molecule has 0 aliphatic rings. The van der Waals surface area contributed by atoms with Crippen LogP contribution in [0.3, 0.4) is 0 Å². The highest BCUT2D eigenvalue weighted by Crippen LogP contribution is 2.12. The van der Waals surface area contributed by atoms with Crippen LogP contribution in [0.1, 0.15) is 11.8 Å². The predicted molar refractivity (Wildman–Crippen MR) is 45.0 cm³/mol. The normalized spacial score (nSPS) is 13.4. The van der Waals surface area contributed by atoms with E-state index >= 15 is 0 Å². The number of imidazole rings is 1. The molecular formula is C8H9N3O2. The van der Waals surface area contributed by atoms with Crippen LogP contribution in [0.4, 0.5) is 0 Å². The maximum atomic E-state index is 9.38. The Morgan fingerprint density at radius 3 is 3.08 bits per heavy atom. The molecule has 1 atom stereocenters. The lowest BCUT2D eigenvalue weighted by Gasteiger charge is -2.05. The van der Waals surface area contributed by atoms with Gasteiger partial charge in [0.1, 0.15) is 6.10 Å². The molecule has 2 aromatic heterocycles. The predicted octanol–water partition coefficient (Wildman–Crippen LogP) is -0.245. The van der Waals surface area contributed by atoms with Crippen molar-refractivity contribution >= 4 is 5.65 Å². The van der Waals surface area contributed by atoms with Gasteiger partial charge in [0, 0.05) is 12.4 Å². The second-order valence-corrected chi connectivity index (χ2v) is 2.69. The molecule has 5 nitrogen and oxygen atoms in total. The van der Waals surface area contributed by atoms with Gasteiger partial charge in [-0.3, -0.25) is 9.38 Å². The van der Waals surface area contributed by atoms with Crippen molar-refractivity contribution in [3.05, 3.63) is 30.5 Å². The van der Waals surface area contributed by atoms with E-state index in [0.717, 1.165) is 0 Å². The van der Waals surface area contributed by atoms with Crippen LogP contribution in [0.2, 0.25) is 0 Å². The molecule has 2 N–H and O–H groups in total. The first-order valence-corrected chi connectivity index (χ1v) is 3.89. The lowest BCUT2D eigenvalue weighted by Crippen LogP contribution is -2.05. The second kappa shape index (κ2) is 3.12. The van der Waals surface area contributed by atoms with E-state index in [-0.39, 0.29) is 6.61 Å².